The van der Waals surface area contributed by atoms with Crippen molar-refractivity contribution in [3.8, 4) is 0 Å². The van der Waals surface area contributed by atoms with E-state index >= 15 is 0 Å². The number of rotatable bonds is 3. The summed E-state index contributed by atoms with van der Waals surface area (Å²) in [6, 6.07) is 8.37. The summed E-state index contributed by atoms with van der Waals surface area (Å²) in [5.74, 6) is 0. The van der Waals surface area contributed by atoms with E-state index in [-0.39, 0.29) is 6.04 Å². The molecule has 17 heavy (non-hydrogen) atoms. The first kappa shape index (κ1) is 13.0. The molecule has 1 aromatic carbocycles. The van der Waals surface area contributed by atoms with E-state index in [1.54, 1.807) is 4.68 Å². The summed E-state index contributed by atoms with van der Waals surface area (Å²) >= 11 is 5.79. The van der Waals surface area contributed by atoms with Gasteiger partial charge in [0.1, 0.15) is 0 Å². The second-order valence-corrected chi connectivity index (χ2v) is 5.55. The molecule has 1 atom stereocenters. The number of halogens is 2. The Morgan fingerprint density at radius 3 is 2.65 bits per heavy atom. The van der Waals surface area contributed by atoms with E-state index in [9.17, 15) is 0 Å². The molecule has 0 saturated carbocycles. The van der Waals surface area contributed by atoms with Gasteiger partial charge in [0, 0.05) is 10.6 Å². The van der Waals surface area contributed by atoms with Crippen LogP contribution >= 0.6 is 38.5 Å². The topological polar surface area (TPSA) is 42.7 Å². The van der Waals surface area contributed by atoms with Crippen LogP contribution in [0, 0.1) is 3.57 Å². The molecule has 2 aromatic rings. The van der Waals surface area contributed by atoms with E-state index in [0.29, 0.717) is 0 Å². The zero-order valence-electron chi connectivity index (χ0n) is 9.48. The van der Waals surface area contributed by atoms with E-state index in [0.717, 1.165) is 10.3 Å². The Morgan fingerprint density at radius 1 is 1.41 bits per heavy atom. The van der Waals surface area contributed by atoms with E-state index in [1.165, 1.54) is 9.13 Å². The first-order valence-electron chi connectivity index (χ1n) is 5.12. The van der Waals surface area contributed by atoms with Crippen molar-refractivity contribution in [3.63, 3.8) is 0 Å². The third-order valence-corrected chi connectivity index (χ3v) is 4.15. The van der Waals surface area contributed by atoms with Crippen LogP contribution < -0.4 is 5.32 Å². The van der Waals surface area contributed by atoms with E-state index in [2.05, 4.69) is 66.3 Å². The number of hydrogen-bond acceptors (Lipinski definition) is 3. The normalized spacial score (nSPS) is 12.7. The standard InChI is InChI=1S/C11H12BrIN4/c1-14-9(7-5-3-4-6-8(7)13)10-11(12)15-16-17(10)2/h3-6,9,14H,1-2H3. The minimum absolute atomic E-state index is 0.0810. The second-order valence-electron chi connectivity index (χ2n) is 3.63. The SMILES string of the molecule is CNC(c1ccccc1I)c1c(Br)nnn1C. The number of aryl methyl sites for hydroxylation is 1. The summed E-state index contributed by atoms with van der Waals surface area (Å²) in [7, 11) is 3.83. The van der Waals surface area contributed by atoms with Crippen molar-refractivity contribution in [3.05, 3.63) is 43.7 Å². The predicted molar refractivity (Wildman–Crippen MR) is 78.8 cm³/mol. The molecule has 1 unspecified atom stereocenters. The van der Waals surface area contributed by atoms with Crippen molar-refractivity contribution in [2.45, 2.75) is 6.04 Å². The van der Waals surface area contributed by atoms with Gasteiger partial charge in [0.15, 0.2) is 4.60 Å². The Balaban J connectivity index is 2.52. The maximum Gasteiger partial charge on any atom is 0.153 e. The van der Waals surface area contributed by atoms with Crippen LogP contribution in [0.5, 0.6) is 0 Å². The van der Waals surface area contributed by atoms with Gasteiger partial charge in [-0.25, -0.2) is 4.68 Å². The first-order chi connectivity index (χ1) is 8.15. The lowest BCUT2D eigenvalue weighted by Crippen LogP contribution is -2.22. The Bertz CT molecular complexity index is 506. The zero-order valence-corrected chi connectivity index (χ0v) is 13.2. The fourth-order valence-electron chi connectivity index (χ4n) is 1.79. The molecule has 0 bridgehead atoms. The fourth-order valence-corrected chi connectivity index (χ4v) is 3.05. The average Bonchev–Trinajstić information content (AvgIpc) is 2.64. The Hall–Kier alpha value is -0.470. The molecular weight excluding hydrogens is 395 g/mol. The Labute approximate surface area is 122 Å². The molecule has 1 aromatic heterocycles. The van der Waals surface area contributed by atoms with Crippen LogP contribution in [0.15, 0.2) is 28.9 Å². The third kappa shape index (κ3) is 2.53. The summed E-state index contributed by atoms with van der Waals surface area (Å²) in [4.78, 5) is 0. The van der Waals surface area contributed by atoms with Crippen molar-refractivity contribution in [1.29, 1.82) is 0 Å². The molecular formula is C11H12BrIN4. The Morgan fingerprint density at radius 2 is 2.12 bits per heavy atom. The van der Waals surface area contributed by atoms with E-state index in [4.69, 9.17) is 0 Å². The molecule has 0 spiro atoms. The fraction of sp³-hybridized carbons (Fsp3) is 0.273. The van der Waals surface area contributed by atoms with Crippen LogP contribution in [-0.2, 0) is 7.05 Å². The highest BCUT2D eigenvalue weighted by Crippen LogP contribution is 2.29. The zero-order chi connectivity index (χ0) is 12.4. The molecule has 4 nitrogen and oxygen atoms in total. The van der Waals surface area contributed by atoms with Crippen molar-refractivity contribution in [1.82, 2.24) is 20.3 Å². The van der Waals surface area contributed by atoms with Gasteiger partial charge in [0.2, 0.25) is 0 Å². The van der Waals surface area contributed by atoms with Crippen LogP contribution in [0.4, 0.5) is 0 Å². The molecule has 0 fully saturated rings. The summed E-state index contributed by atoms with van der Waals surface area (Å²) in [5, 5.41) is 11.4. The second kappa shape index (κ2) is 5.45. The first-order valence-corrected chi connectivity index (χ1v) is 6.99. The monoisotopic (exact) mass is 406 g/mol. The molecule has 90 valence electrons. The van der Waals surface area contributed by atoms with Crippen molar-refractivity contribution >= 4 is 38.5 Å². The lowest BCUT2D eigenvalue weighted by molar-refractivity contribution is 0.595. The van der Waals surface area contributed by atoms with Gasteiger partial charge < -0.3 is 5.32 Å². The van der Waals surface area contributed by atoms with Crippen molar-refractivity contribution in [2.24, 2.45) is 7.05 Å². The molecule has 6 heteroatoms. The summed E-state index contributed by atoms with van der Waals surface area (Å²) in [6.07, 6.45) is 0. The smallest absolute Gasteiger partial charge is 0.153 e. The number of nitrogens with zero attached hydrogens (tertiary/aromatic N) is 3. The minimum atomic E-state index is 0.0810. The number of hydrogen-bond donors (Lipinski definition) is 1. The van der Waals surface area contributed by atoms with Crippen LogP contribution in [0.3, 0.4) is 0 Å². The largest absolute Gasteiger partial charge is 0.308 e. The summed E-state index contributed by atoms with van der Waals surface area (Å²) in [6.45, 7) is 0. The van der Waals surface area contributed by atoms with Gasteiger partial charge >= 0.3 is 0 Å². The van der Waals surface area contributed by atoms with Crippen LogP contribution in [0.1, 0.15) is 17.3 Å². The van der Waals surface area contributed by atoms with Gasteiger partial charge in [-0.2, -0.15) is 0 Å². The lowest BCUT2D eigenvalue weighted by atomic mass is 10.0. The van der Waals surface area contributed by atoms with Gasteiger partial charge in [0.05, 0.1) is 11.7 Å². The maximum absolute atomic E-state index is 4.03. The molecule has 0 aliphatic carbocycles. The minimum Gasteiger partial charge on any atom is -0.308 e. The molecule has 0 amide bonds. The van der Waals surface area contributed by atoms with Crippen molar-refractivity contribution < 1.29 is 0 Å². The molecule has 2 rings (SSSR count). The van der Waals surface area contributed by atoms with Gasteiger partial charge in [-0.05, 0) is 57.2 Å². The van der Waals surface area contributed by atoms with Gasteiger partial charge in [-0.15, -0.1) is 5.10 Å². The quantitative estimate of drug-likeness (QED) is 0.796. The maximum atomic E-state index is 4.03. The van der Waals surface area contributed by atoms with E-state index < -0.39 is 0 Å². The highest BCUT2D eigenvalue weighted by Gasteiger charge is 2.21. The van der Waals surface area contributed by atoms with Crippen LogP contribution in [-0.4, -0.2) is 22.0 Å². The molecule has 0 aliphatic heterocycles. The molecule has 0 aliphatic rings. The van der Waals surface area contributed by atoms with E-state index in [1.807, 2.05) is 26.2 Å². The van der Waals surface area contributed by atoms with Crippen LogP contribution in [0.2, 0.25) is 0 Å². The van der Waals surface area contributed by atoms with Gasteiger partial charge in [-0.1, -0.05) is 23.4 Å². The highest BCUT2D eigenvalue weighted by atomic mass is 127. The van der Waals surface area contributed by atoms with Crippen LogP contribution in [0.25, 0.3) is 0 Å². The average molecular weight is 407 g/mol. The molecule has 1 N–H and O–H groups in total. The van der Waals surface area contributed by atoms with Gasteiger partial charge in [-0.3, -0.25) is 0 Å². The number of benzene rings is 1. The highest BCUT2D eigenvalue weighted by molar-refractivity contribution is 14.1. The molecule has 0 saturated heterocycles. The van der Waals surface area contributed by atoms with Gasteiger partial charge in [0.25, 0.3) is 0 Å². The Kier molecular flexibility index (Phi) is 4.16. The predicted octanol–water partition coefficient (Wildman–Crippen LogP) is 2.49. The summed E-state index contributed by atoms with van der Waals surface area (Å²) in [5.41, 5.74) is 2.25. The van der Waals surface area contributed by atoms with Crippen molar-refractivity contribution in [2.75, 3.05) is 7.05 Å². The lowest BCUT2D eigenvalue weighted by Gasteiger charge is -2.18. The molecule has 0 radical (unpaired) electrons. The number of nitrogens with one attached hydrogen (secondary N) is 1. The number of aromatic nitrogens is 3. The third-order valence-electron chi connectivity index (χ3n) is 2.61. The summed E-state index contributed by atoms with van der Waals surface area (Å²) < 4.78 is 3.78. The molecule has 1 heterocycles.